The molecule has 1 amide bonds. The number of fused-ring (bicyclic) bond motifs is 2. The van der Waals surface area contributed by atoms with Crippen LogP contribution in [0.1, 0.15) is 20.9 Å². The van der Waals surface area contributed by atoms with E-state index in [1.165, 1.54) is 11.3 Å². The third-order valence-corrected chi connectivity index (χ3v) is 7.85. The number of hydrogen-bond acceptors (Lipinski definition) is 7. The van der Waals surface area contributed by atoms with Crippen molar-refractivity contribution in [2.24, 2.45) is 5.73 Å². The van der Waals surface area contributed by atoms with Crippen molar-refractivity contribution >= 4 is 78.8 Å². The number of thiocarbonyl (C=S) groups is 1. The zero-order valence-corrected chi connectivity index (χ0v) is 18.2. The standard InChI is InChI=1S/C19H15N5OS4/c20-15-14-13(12-2-1-4-28-12)10-6-24(19(26)22-9-3-5-27-8-9)7-11(10)23-18(14)29-16(15)17(21)25/h1-5,8H,6-7,20H2,(H2,21,25)(H,22,26). The molecule has 0 aliphatic carbocycles. The number of anilines is 2. The third-order valence-electron chi connectivity index (χ3n) is 4.80. The number of thiophene rings is 3. The lowest BCUT2D eigenvalue weighted by Crippen LogP contribution is -2.29. The lowest BCUT2D eigenvalue weighted by atomic mass is 10.0. The second kappa shape index (κ2) is 7.06. The largest absolute Gasteiger partial charge is 0.397 e. The molecule has 0 fully saturated rings. The van der Waals surface area contributed by atoms with Crippen molar-refractivity contribution in [3.05, 3.63) is 50.5 Å². The smallest absolute Gasteiger partial charge is 0.260 e. The highest BCUT2D eigenvalue weighted by atomic mass is 32.1. The molecule has 0 saturated carbocycles. The Morgan fingerprint density at radius 1 is 1.28 bits per heavy atom. The molecule has 4 aromatic heterocycles. The summed E-state index contributed by atoms with van der Waals surface area (Å²) in [6.07, 6.45) is 0. The first-order valence-corrected chi connectivity index (χ1v) is 11.7. The summed E-state index contributed by atoms with van der Waals surface area (Å²) >= 11 is 10.1. The van der Waals surface area contributed by atoms with Crippen LogP contribution in [-0.4, -0.2) is 20.9 Å². The van der Waals surface area contributed by atoms with E-state index in [9.17, 15) is 4.79 Å². The van der Waals surface area contributed by atoms with Crippen LogP contribution in [0.25, 0.3) is 20.7 Å². The summed E-state index contributed by atoms with van der Waals surface area (Å²) in [6.45, 7) is 1.23. The van der Waals surface area contributed by atoms with Gasteiger partial charge in [0, 0.05) is 33.3 Å². The first-order valence-electron chi connectivity index (χ1n) is 8.68. The van der Waals surface area contributed by atoms with Crippen molar-refractivity contribution in [1.29, 1.82) is 0 Å². The minimum absolute atomic E-state index is 0.362. The number of nitrogen functional groups attached to an aromatic ring is 1. The van der Waals surface area contributed by atoms with Crippen LogP contribution < -0.4 is 16.8 Å². The van der Waals surface area contributed by atoms with Crippen molar-refractivity contribution in [3.63, 3.8) is 0 Å². The molecule has 0 saturated heterocycles. The number of nitrogens with two attached hydrogens (primary N) is 2. The van der Waals surface area contributed by atoms with E-state index < -0.39 is 5.91 Å². The Balaban J connectivity index is 1.62. The highest BCUT2D eigenvalue weighted by Crippen LogP contribution is 2.45. The van der Waals surface area contributed by atoms with Crippen molar-refractivity contribution in [2.45, 2.75) is 13.1 Å². The van der Waals surface area contributed by atoms with Gasteiger partial charge in [0.15, 0.2) is 5.11 Å². The molecule has 29 heavy (non-hydrogen) atoms. The number of nitrogens with one attached hydrogen (secondary N) is 1. The topological polar surface area (TPSA) is 97.3 Å². The van der Waals surface area contributed by atoms with E-state index >= 15 is 0 Å². The van der Waals surface area contributed by atoms with Gasteiger partial charge in [-0.25, -0.2) is 4.98 Å². The van der Waals surface area contributed by atoms with E-state index in [1.807, 2.05) is 28.3 Å². The van der Waals surface area contributed by atoms with Gasteiger partial charge in [0.2, 0.25) is 0 Å². The Hall–Kier alpha value is -2.53. The quantitative estimate of drug-likeness (QED) is 0.393. The minimum Gasteiger partial charge on any atom is -0.397 e. The van der Waals surface area contributed by atoms with Gasteiger partial charge < -0.3 is 21.7 Å². The summed E-state index contributed by atoms with van der Waals surface area (Å²) in [4.78, 5) is 20.9. The molecule has 0 aromatic carbocycles. The van der Waals surface area contributed by atoms with Crippen LogP contribution in [0.15, 0.2) is 34.3 Å². The maximum absolute atomic E-state index is 11.8. The second-order valence-electron chi connectivity index (χ2n) is 6.58. The van der Waals surface area contributed by atoms with Crippen LogP contribution in [0.4, 0.5) is 11.4 Å². The van der Waals surface area contributed by atoms with Crippen molar-refractivity contribution in [1.82, 2.24) is 9.88 Å². The van der Waals surface area contributed by atoms with Gasteiger partial charge in [0.25, 0.3) is 5.91 Å². The van der Waals surface area contributed by atoms with Gasteiger partial charge in [-0.3, -0.25) is 4.79 Å². The maximum atomic E-state index is 11.8. The Bertz CT molecular complexity index is 1240. The number of nitrogens with zero attached hydrogens (tertiary/aromatic N) is 2. The molecular formula is C19H15N5OS4. The number of carbonyl (C=O) groups excluding carboxylic acids is 1. The molecule has 0 unspecified atom stereocenters. The number of hydrogen-bond donors (Lipinski definition) is 3. The number of amides is 1. The molecule has 5 rings (SSSR count). The Labute approximate surface area is 183 Å². The summed E-state index contributed by atoms with van der Waals surface area (Å²) in [6, 6.07) is 6.06. The number of primary amides is 1. The molecule has 0 atom stereocenters. The molecule has 5 heterocycles. The van der Waals surface area contributed by atoms with Gasteiger partial charge in [-0.2, -0.15) is 11.3 Å². The number of carbonyl (C=O) groups is 1. The molecule has 0 spiro atoms. The molecular weight excluding hydrogens is 443 g/mol. The summed E-state index contributed by atoms with van der Waals surface area (Å²) in [5.74, 6) is -0.523. The van der Waals surface area contributed by atoms with Crippen LogP contribution in [0, 0.1) is 0 Å². The molecule has 4 aromatic rings. The van der Waals surface area contributed by atoms with Crippen molar-refractivity contribution in [2.75, 3.05) is 11.1 Å². The zero-order chi connectivity index (χ0) is 20.1. The fourth-order valence-electron chi connectivity index (χ4n) is 3.52. The van der Waals surface area contributed by atoms with Gasteiger partial charge in [0.1, 0.15) is 9.71 Å². The van der Waals surface area contributed by atoms with E-state index in [4.69, 9.17) is 28.7 Å². The molecule has 5 N–H and O–H groups in total. The lowest BCUT2D eigenvalue weighted by Gasteiger charge is -2.19. The van der Waals surface area contributed by atoms with Crippen LogP contribution in [0.3, 0.4) is 0 Å². The summed E-state index contributed by atoms with van der Waals surface area (Å²) in [5, 5.41) is 10.8. The van der Waals surface area contributed by atoms with Crippen LogP contribution in [0.5, 0.6) is 0 Å². The summed E-state index contributed by atoms with van der Waals surface area (Å²) in [7, 11) is 0. The minimum atomic E-state index is -0.523. The first-order chi connectivity index (χ1) is 14.0. The van der Waals surface area contributed by atoms with Gasteiger partial charge in [-0.15, -0.1) is 22.7 Å². The average molecular weight is 458 g/mol. The predicted octanol–water partition coefficient (Wildman–Crippen LogP) is 4.48. The van der Waals surface area contributed by atoms with Gasteiger partial charge >= 0.3 is 0 Å². The Morgan fingerprint density at radius 2 is 2.14 bits per heavy atom. The second-order valence-corrected chi connectivity index (χ2v) is 9.69. The fraction of sp³-hybridized carbons (Fsp3) is 0.105. The van der Waals surface area contributed by atoms with Crippen LogP contribution in [0.2, 0.25) is 0 Å². The SMILES string of the molecule is NC(=O)c1sc2nc3c(c(-c4cccs4)c2c1N)CN(C(=S)Nc1ccsc1)C3. The van der Waals surface area contributed by atoms with E-state index in [-0.39, 0.29) is 0 Å². The highest BCUT2D eigenvalue weighted by molar-refractivity contribution is 7.80. The lowest BCUT2D eigenvalue weighted by molar-refractivity contribution is 0.100. The molecule has 6 nitrogen and oxygen atoms in total. The van der Waals surface area contributed by atoms with E-state index in [1.54, 1.807) is 22.7 Å². The van der Waals surface area contributed by atoms with Gasteiger partial charge in [0.05, 0.1) is 23.6 Å². The van der Waals surface area contributed by atoms with E-state index in [0.717, 1.165) is 37.6 Å². The number of rotatable bonds is 3. The molecule has 0 bridgehead atoms. The van der Waals surface area contributed by atoms with Crippen molar-refractivity contribution in [3.8, 4) is 10.4 Å². The normalized spacial score (nSPS) is 13.0. The zero-order valence-electron chi connectivity index (χ0n) is 15.0. The molecule has 0 radical (unpaired) electrons. The van der Waals surface area contributed by atoms with E-state index in [2.05, 4.69) is 16.3 Å². The molecule has 1 aliphatic heterocycles. The van der Waals surface area contributed by atoms with Gasteiger partial charge in [-0.05, 0) is 35.1 Å². The monoisotopic (exact) mass is 457 g/mol. The van der Waals surface area contributed by atoms with Crippen molar-refractivity contribution < 1.29 is 4.79 Å². The predicted molar refractivity (Wildman–Crippen MR) is 126 cm³/mol. The van der Waals surface area contributed by atoms with Gasteiger partial charge in [-0.1, -0.05) is 6.07 Å². The number of aromatic nitrogens is 1. The molecule has 1 aliphatic rings. The van der Waals surface area contributed by atoms with E-state index in [0.29, 0.717) is 28.8 Å². The summed E-state index contributed by atoms with van der Waals surface area (Å²) < 4.78 is 0. The third kappa shape index (κ3) is 3.08. The number of pyridine rings is 1. The average Bonchev–Trinajstić information content (AvgIpc) is 3.47. The van der Waals surface area contributed by atoms with Crippen LogP contribution in [-0.2, 0) is 13.1 Å². The Morgan fingerprint density at radius 3 is 2.83 bits per heavy atom. The maximum Gasteiger partial charge on any atom is 0.260 e. The molecule has 10 heteroatoms. The molecule has 146 valence electrons. The van der Waals surface area contributed by atoms with Crippen LogP contribution >= 0.6 is 46.2 Å². The summed E-state index contributed by atoms with van der Waals surface area (Å²) in [5.41, 5.74) is 16.3. The first kappa shape index (κ1) is 18.5. The fourth-order valence-corrected chi connectivity index (χ4v) is 6.14. The Kier molecular flexibility index (Phi) is 4.50. The highest BCUT2D eigenvalue weighted by Gasteiger charge is 2.30.